The Morgan fingerprint density at radius 2 is 1.97 bits per heavy atom. The molecule has 11 heteroatoms. The molecule has 4 aliphatic heterocycles. The highest BCUT2D eigenvalue weighted by atomic mass is 35.5. The molecule has 190 valence electrons. The number of anilines is 1. The second-order valence-electron chi connectivity index (χ2n) is 10.7. The predicted molar refractivity (Wildman–Crippen MR) is 131 cm³/mol. The summed E-state index contributed by atoms with van der Waals surface area (Å²) in [7, 11) is 2.07. The average molecular weight is 507 g/mol. The monoisotopic (exact) mass is 506 g/mol. The molecule has 2 aromatic rings. The van der Waals surface area contributed by atoms with Crippen LogP contribution in [0.4, 0.5) is 15.0 Å². The minimum absolute atomic E-state index is 0.0122. The number of piperazine rings is 1. The van der Waals surface area contributed by atoms with E-state index in [-0.39, 0.29) is 40.9 Å². The number of amides is 1. The first-order chi connectivity index (χ1) is 16.6. The van der Waals surface area contributed by atoms with Gasteiger partial charge in [-0.2, -0.15) is 9.97 Å². The molecule has 6 rings (SSSR count). The lowest BCUT2D eigenvalue weighted by Crippen LogP contribution is -2.64. The van der Waals surface area contributed by atoms with Gasteiger partial charge in [0.05, 0.1) is 11.4 Å². The first-order valence-electron chi connectivity index (χ1n) is 12.2. The fourth-order valence-electron chi connectivity index (χ4n) is 5.28. The highest BCUT2D eigenvalue weighted by molar-refractivity contribution is 6.30. The summed E-state index contributed by atoms with van der Waals surface area (Å²) >= 11 is 5.98. The van der Waals surface area contributed by atoms with E-state index in [1.807, 2.05) is 25.7 Å². The zero-order chi connectivity index (χ0) is 24.9. The molecule has 1 amide bonds. The molecule has 0 saturated carbocycles. The van der Waals surface area contributed by atoms with Gasteiger partial charge in [-0.1, -0.05) is 11.6 Å². The molecule has 4 aliphatic rings. The van der Waals surface area contributed by atoms with Gasteiger partial charge in [0.25, 0.3) is 0 Å². The molecule has 6 heterocycles. The third kappa shape index (κ3) is 4.82. The number of hydrogen-bond acceptors (Lipinski definition) is 8. The summed E-state index contributed by atoms with van der Waals surface area (Å²) in [6.45, 7) is 8.12. The summed E-state index contributed by atoms with van der Waals surface area (Å²) in [4.78, 5) is 32.1. The van der Waals surface area contributed by atoms with Crippen LogP contribution in [0.3, 0.4) is 0 Å². The van der Waals surface area contributed by atoms with Crippen molar-refractivity contribution in [2.75, 3.05) is 38.2 Å². The SMILES string of the molecule is CN1CCCC1COc1nc(N2CC3CCC2CN3C(=O)OC(C)(C)C)c2cnc(Cl)c(F)c2n1. The van der Waals surface area contributed by atoms with Gasteiger partial charge in [-0.15, -0.1) is 0 Å². The lowest BCUT2D eigenvalue weighted by molar-refractivity contribution is 0.000797. The maximum Gasteiger partial charge on any atom is 0.410 e. The number of rotatable bonds is 4. The molecule has 2 aromatic heterocycles. The Labute approximate surface area is 209 Å². The number of carbonyl (C=O) groups excluding carboxylic acids is 1. The van der Waals surface area contributed by atoms with Crippen LogP contribution in [0.1, 0.15) is 46.5 Å². The fraction of sp³-hybridized carbons (Fsp3) is 0.667. The second-order valence-corrected chi connectivity index (χ2v) is 11.1. The topological polar surface area (TPSA) is 83.9 Å². The van der Waals surface area contributed by atoms with Crippen molar-refractivity contribution in [3.05, 3.63) is 17.2 Å². The summed E-state index contributed by atoms with van der Waals surface area (Å²) in [5, 5.41) is 0.244. The van der Waals surface area contributed by atoms with Gasteiger partial charge in [0.15, 0.2) is 11.0 Å². The summed E-state index contributed by atoms with van der Waals surface area (Å²) in [5.74, 6) is -0.125. The van der Waals surface area contributed by atoms with Gasteiger partial charge in [0.1, 0.15) is 23.5 Å². The third-order valence-corrected chi connectivity index (χ3v) is 7.37. The summed E-state index contributed by atoms with van der Waals surface area (Å²) in [6, 6.07) is 0.385. The van der Waals surface area contributed by atoms with Crippen LogP contribution in [0.5, 0.6) is 6.01 Å². The van der Waals surface area contributed by atoms with Crippen LogP contribution in [0.2, 0.25) is 5.15 Å². The highest BCUT2D eigenvalue weighted by Gasteiger charge is 2.43. The molecular formula is C24H32ClFN6O3. The van der Waals surface area contributed by atoms with Gasteiger partial charge < -0.3 is 24.2 Å². The predicted octanol–water partition coefficient (Wildman–Crippen LogP) is 3.88. The molecule has 0 N–H and O–H groups in total. The van der Waals surface area contributed by atoms with Crippen molar-refractivity contribution in [1.82, 2.24) is 24.8 Å². The fourth-order valence-corrected chi connectivity index (χ4v) is 5.41. The van der Waals surface area contributed by atoms with E-state index in [0.717, 1.165) is 32.2 Å². The van der Waals surface area contributed by atoms with Gasteiger partial charge in [-0.05, 0) is 60.0 Å². The van der Waals surface area contributed by atoms with Gasteiger partial charge in [0, 0.05) is 31.4 Å². The zero-order valence-corrected chi connectivity index (χ0v) is 21.4. The number of aromatic nitrogens is 3. The molecule has 35 heavy (non-hydrogen) atoms. The Morgan fingerprint density at radius 3 is 2.63 bits per heavy atom. The Morgan fingerprint density at radius 1 is 1.20 bits per heavy atom. The summed E-state index contributed by atoms with van der Waals surface area (Å²) < 4.78 is 26.6. The minimum atomic E-state index is -0.687. The van der Waals surface area contributed by atoms with Crippen LogP contribution in [0, 0.1) is 5.82 Å². The molecule has 3 atom stereocenters. The van der Waals surface area contributed by atoms with Crippen molar-refractivity contribution < 1.29 is 18.7 Å². The standard InChI is InChI=1S/C24H32ClFN6O3/c1-24(2,3)35-23(33)32-12-14-7-8-15(32)11-31(14)21-17-10-27-20(25)18(26)19(17)28-22(29-21)34-13-16-6-5-9-30(16)4/h10,14-16H,5-9,11-13H2,1-4H3. The maximum atomic E-state index is 15.0. The van der Waals surface area contributed by atoms with Crippen LogP contribution in [-0.2, 0) is 4.74 Å². The van der Waals surface area contributed by atoms with E-state index in [0.29, 0.717) is 30.9 Å². The molecule has 0 spiro atoms. The third-order valence-electron chi connectivity index (χ3n) is 7.11. The first-order valence-corrected chi connectivity index (χ1v) is 12.6. The van der Waals surface area contributed by atoms with Crippen molar-refractivity contribution in [1.29, 1.82) is 0 Å². The molecule has 4 fully saturated rings. The quantitative estimate of drug-likeness (QED) is 0.578. The number of nitrogens with zero attached hydrogens (tertiary/aromatic N) is 6. The van der Waals surface area contributed by atoms with E-state index in [9.17, 15) is 4.79 Å². The van der Waals surface area contributed by atoms with Gasteiger partial charge in [-0.25, -0.2) is 14.2 Å². The zero-order valence-electron chi connectivity index (χ0n) is 20.6. The molecule has 0 aliphatic carbocycles. The molecule has 2 bridgehead atoms. The molecule has 0 aromatic carbocycles. The van der Waals surface area contributed by atoms with Crippen LogP contribution < -0.4 is 9.64 Å². The molecular weight excluding hydrogens is 475 g/mol. The lowest BCUT2D eigenvalue weighted by atomic mass is 9.91. The van der Waals surface area contributed by atoms with E-state index in [4.69, 9.17) is 26.1 Å². The van der Waals surface area contributed by atoms with E-state index in [1.54, 1.807) is 0 Å². The molecule has 4 saturated heterocycles. The van der Waals surface area contributed by atoms with Crippen LogP contribution >= 0.6 is 11.6 Å². The Bertz CT molecular complexity index is 1130. The van der Waals surface area contributed by atoms with Crippen molar-refractivity contribution in [3.8, 4) is 6.01 Å². The van der Waals surface area contributed by atoms with Crippen molar-refractivity contribution >= 4 is 34.4 Å². The summed E-state index contributed by atoms with van der Waals surface area (Å²) in [6.07, 6.45) is 5.13. The van der Waals surface area contributed by atoms with Crippen molar-refractivity contribution in [3.63, 3.8) is 0 Å². The smallest absolute Gasteiger partial charge is 0.410 e. The van der Waals surface area contributed by atoms with Crippen molar-refractivity contribution in [2.24, 2.45) is 0 Å². The summed E-state index contributed by atoms with van der Waals surface area (Å²) in [5.41, 5.74) is -0.464. The number of likely N-dealkylation sites (tertiary alicyclic amines) is 1. The first kappa shape index (κ1) is 24.2. The second kappa shape index (κ2) is 9.20. The van der Waals surface area contributed by atoms with Crippen LogP contribution in [-0.4, -0.2) is 87.9 Å². The molecule has 0 radical (unpaired) electrons. The van der Waals surface area contributed by atoms with Gasteiger partial charge in [0.2, 0.25) is 0 Å². The largest absolute Gasteiger partial charge is 0.462 e. The number of hydrogen-bond donors (Lipinski definition) is 0. The van der Waals surface area contributed by atoms with Gasteiger partial charge in [-0.3, -0.25) is 0 Å². The number of halogens is 2. The maximum absolute atomic E-state index is 15.0. The van der Waals surface area contributed by atoms with E-state index >= 15 is 4.39 Å². The van der Waals surface area contributed by atoms with Crippen molar-refractivity contribution in [2.45, 2.75) is 70.2 Å². The number of carbonyl (C=O) groups is 1. The Hall–Kier alpha value is -2.46. The highest BCUT2D eigenvalue weighted by Crippen LogP contribution is 2.37. The van der Waals surface area contributed by atoms with Crippen LogP contribution in [0.25, 0.3) is 10.9 Å². The number of piperidine rings is 2. The Kier molecular flexibility index (Phi) is 6.37. The number of likely N-dealkylation sites (N-methyl/N-ethyl adjacent to an activating group) is 1. The van der Waals surface area contributed by atoms with Gasteiger partial charge >= 0.3 is 12.1 Å². The Balaban J connectivity index is 1.44. The van der Waals surface area contributed by atoms with Crippen LogP contribution in [0.15, 0.2) is 6.20 Å². The average Bonchev–Trinajstić information content (AvgIpc) is 3.23. The normalized spacial score (nSPS) is 24.9. The lowest BCUT2D eigenvalue weighted by Gasteiger charge is -2.51. The number of fused-ring (bicyclic) bond motifs is 4. The van der Waals surface area contributed by atoms with E-state index in [2.05, 4.69) is 26.8 Å². The number of ether oxygens (including phenoxy) is 2. The molecule has 3 unspecified atom stereocenters. The minimum Gasteiger partial charge on any atom is -0.462 e. The number of pyridine rings is 1. The molecule has 9 nitrogen and oxygen atoms in total. The van der Waals surface area contributed by atoms with E-state index in [1.165, 1.54) is 6.20 Å². The van der Waals surface area contributed by atoms with E-state index < -0.39 is 11.4 Å².